The largest absolute Gasteiger partial charge is 0.365 e. The minimum absolute atomic E-state index is 0.150. The molecule has 2 aromatic heterocycles. The Balaban J connectivity index is 1.47. The Morgan fingerprint density at radius 3 is 2.77 bits per heavy atom. The summed E-state index contributed by atoms with van der Waals surface area (Å²) in [5.74, 6) is -0.621. The zero-order valence-electron chi connectivity index (χ0n) is 17.7. The van der Waals surface area contributed by atoms with Gasteiger partial charge in [-0.2, -0.15) is 0 Å². The number of thiophene rings is 1. The first kappa shape index (κ1) is 21.6. The molecule has 0 fully saturated rings. The number of aromatic nitrogens is 2. The molecule has 1 aliphatic carbocycles. The predicted molar refractivity (Wildman–Crippen MR) is 126 cm³/mol. The topological polar surface area (TPSA) is 90.0 Å². The van der Waals surface area contributed by atoms with Crippen molar-refractivity contribution in [2.45, 2.75) is 56.5 Å². The van der Waals surface area contributed by atoms with E-state index < -0.39 is 5.91 Å². The van der Waals surface area contributed by atoms with Gasteiger partial charge in [-0.3, -0.25) is 9.59 Å². The zero-order chi connectivity index (χ0) is 22.0. The number of nitrogens with zero attached hydrogens (tertiary/aromatic N) is 2. The monoisotopic (exact) mass is 454 g/mol. The van der Waals surface area contributed by atoms with Crippen molar-refractivity contribution in [3.05, 3.63) is 63.8 Å². The highest BCUT2D eigenvalue weighted by atomic mass is 32.2. The Hall–Kier alpha value is -2.58. The molecular weight excluding hydrogens is 428 g/mol. The molecule has 1 aliphatic rings. The predicted octanol–water partition coefficient (Wildman–Crippen LogP) is 4.26. The van der Waals surface area contributed by atoms with Crippen LogP contribution in [0.4, 0.5) is 5.00 Å². The number of primary amides is 1. The lowest BCUT2D eigenvalue weighted by molar-refractivity contribution is -0.115. The average molecular weight is 455 g/mol. The normalized spacial score (nSPS) is 13.7. The molecule has 8 heteroatoms. The van der Waals surface area contributed by atoms with Crippen molar-refractivity contribution < 1.29 is 9.59 Å². The number of nitrogens with one attached hydrogen (secondary N) is 1. The number of anilines is 1. The lowest BCUT2D eigenvalue weighted by atomic mass is 10.1. The zero-order valence-corrected chi connectivity index (χ0v) is 19.3. The van der Waals surface area contributed by atoms with Gasteiger partial charge in [0.2, 0.25) is 5.91 Å². The molecule has 2 heterocycles. The van der Waals surface area contributed by atoms with Crippen molar-refractivity contribution in [2.24, 2.45) is 5.73 Å². The number of hydrogen-bond donors (Lipinski definition) is 2. The highest BCUT2D eigenvalue weighted by Crippen LogP contribution is 2.39. The number of amides is 2. The molecule has 0 saturated carbocycles. The van der Waals surface area contributed by atoms with E-state index in [0.29, 0.717) is 10.6 Å². The van der Waals surface area contributed by atoms with Crippen LogP contribution in [0.2, 0.25) is 0 Å². The second-order valence-corrected chi connectivity index (χ2v) is 10.0. The van der Waals surface area contributed by atoms with Gasteiger partial charge < -0.3 is 15.6 Å². The Labute approximate surface area is 190 Å². The van der Waals surface area contributed by atoms with Crippen LogP contribution in [0, 0.1) is 0 Å². The van der Waals surface area contributed by atoms with E-state index in [4.69, 9.17) is 5.73 Å². The molecule has 0 bridgehead atoms. The number of aryl methyl sites for hydroxylation is 1. The van der Waals surface area contributed by atoms with Gasteiger partial charge in [-0.25, -0.2) is 4.98 Å². The SMILES string of the molecule is CCn1c(Cc2ccccc2)cnc1SC(C)C(=O)Nc1sc2c(c1C(N)=O)CCC2. The third kappa shape index (κ3) is 4.55. The van der Waals surface area contributed by atoms with E-state index in [0.717, 1.165) is 53.5 Å². The molecule has 0 spiro atoms. The summed E-state index contributed by atoms with van der Waals surface area (Å²) in [6.07, 6.45) is 5.51. The Morgan fingerprint density at radius 2 is 2.06 bits per heavy atom. The maximum Gasteiger partial charge on any atom is 0.251 e. The quantitative estimate of drug-likeness (QED) is 0.498. The number of imidazole rings is 1. The molecule has 0 saturated heterocycles. The van der Waals surface area contributed by atoms with E-state index in [1.54, 1.807) is 0 Å². The molecule has 1 unspecified atom stereocenters. The number of hydrogen-bond acceptors (Lipinski definition) is 5. The van der Waals surface area contributed by atoms with Crippen LogP contribution in [0.1, 0.15) is 52.3 Å². The van der Waals surface area contributed by atoms with E-state index in [9.17, 15) is 9.59 Å². The number of carbonyl (C=O) groups excluding carboxylic acids is 2. The van der Waals surface area contributed by atoms with Crippen molar-refractivity contribution in [3.63, 3.8) is 0 Å². The molecule has 6 nitrogen and oxygen atoms in total. The van der Waals surface area contributed by atoms with Crippen molar-refractivity contribution >= 4 is 39.9 Å². The maximum atomic E-state index is 12.9. The first-order chi connectivity index (χ1) is 15.0. The summed E-state index contributed by atoms with van der Waals surface area (Å²) in [5.41, 5.74) is 9.46. The number of rotatable bonds is 8. The van der Waals surface area contributed by atoms with Gasteiger partial charge in [0, 0.05) is 29.7 Å². The third-order valence-electron chi connectivity index (χ3n) is 5.50. The smallest absolute Gasteiger partial charge is 0.251 e. The first-order valence-corrected chi connectivity index (χ1v) is 12.2. The van der Waals surface area contributed by atoms with E-state index >= 15 is 0 Å². The van der Waals surface area contributed by atoms with Gasteiger partial charge in [-0.1, -0.05) is 42.1 Å². The Morgan fingerprint density at radius 1 is 1.29 bits per heavy atom. The van der Waals surface area contributed by atoms with Crippen LogP contribution in [0.25, 0.3) is 0 Å². The maximum absolute atomic E-state index is 12.9. The summed E-state index contributed by atoms with van der Waals surface area (Å²) in [6.45, 7) is 4.72. The third-order valence-corrected chi connectivity index (χ3v) is 7.81. The van der Waals surface area contributed by atoms with E-state index in [-0.39, 0.29) is 11.2 Å². The fourth-order valence-corrected chi connectivity index (χ4v) is 6.22. The molecule has 3 aromatic rings. The van der Waals surface area contributed by atoms with Gasteiger partial charge in [0.25, 0.3) is 5.91 Å². The minimum Gasteiger partial charge on any atom is -0.365 e. The summed E-state index contributed by atoms with van der Waals surface area (Å²) in [4.78, 5) is 30.6. The lowest BCUT2D eigenvalue weighted by Crippen LogP contribution is -2.24. The van der Waals surface area contributed by atoms with Crippen LogP contribution >= 0.6 is 23.1 Å². The van der Waals surface area contributed by atoms with Crippen LogP contribution in [0.5, 0.6) is 0 Å². The molecule has 3 N–H and O–H groups in total. The van der Waals surface area contributed by atoms with Crippen LogP contribution in [0.15, 0.2) is 41.7 Å². The number of carbonyl (C=O) groups is 2. The number of fused-ring (bicyclic) bond motifs is 1. The van der Waals surface area contributed by atoms with Gasteiger partial charge in [-0.05, 0) is 44.2 Å². The van der Waals surface area contributed by atoms with Crippen molar-refractivity contribution in [3.8, 4) is 0 Å². The van der Waals surface area contributed by atoms with Gasteiger partial charge in [0.1, 0.15) is 5.00 Å². The standard InChI is InChI=1S/C23H26N4O2S2/c1-3-27-16(12-15-8-5-4-6-9-15)13-25-23(27)30-14(2)21(29)26-22-19(20(24)28)17-10-7-11-18(17)31-22/h4-6,8-9,13-14H,3,7,10-12H2,1-2H3,(H2,24,28)(H,26,29). The first-order valence-electron chi connectivity index (χ1n) is 10.5. The fraction of sp³-hybridized carbons (Fsp3) is 0.348. The lowest BCUT2D eigenvalue weighted by Gasteiger charge is -2.14. The highest BCUT2D eigenvalue weighted by Gasteiger charge is 2.27. The van der Waals surface area contributed by atoms with Crippen LogP contribution in [-0.4, -0.2) is 26.6 Å². The van der Waals surface area contributed by atoms with Crippen molar-refractivity contribution in [1.29, 1.82) is 0 Å². The van der Waals surface area contributed by atoms with Crippen LogP contribution in [-0.2, 0) is 30.6 Å². The molecule has 162 valence electrons. The Kier molecular flexibility index (Phi) is 6.48. The molecule has 1 aromatic carbocycles. The summed E-state index contributed by atoms with van der Waals surface area (Å²) in [7, 11) is 0. The summed E-state index contributed by atoms with van der Waals surface area (Å²) < 4.78 is 2.15. The van der Waals surface area contributed by atoms with Gasteiger partial charge in [0.15, 0.2) is 5.16 Å². The molecule has 31 heavy (non-hydrogen) atoms. The molecule has 2 amide bonds. The minimum atomic E-state index is -0.470. The second kappa shape index (κ2) is 9.28. The fourth-order valence-electron chi connectivity index (χ4n) is 3.95. The van der Waals surface area contributed by atoms with Crippen molar-refractivity contribution in [1.82, 2.24) is 9.55 Å². The van der Waals surface area contributed by atoms with Gasteiger partial charge >= 0.3 is 0 Å². The highest BCUT2D eigenvalue weighted by molar-refractivity contribution is 8.00. The summed E-state index contributed by atoms with van der Waals surface area (Å²) >= 11 is 2.91. The van der Waals surface area contributed by atoms with Crippen LogP contribution < -0.4 is 11.1 Å². The molecule has 1 atom stereocenters. The van der Waals surface area contributed by atoms with Crippen LogP contribution in [0.3, 0.4) is 0 Å². The molecule has 0 aliphatic heterocycles. The summed E-state index contributed by atoms with van der Waals surface area (Å²) in [6, 6.07) is 10.3. The molecule has 4 rings (SSSR count). The number of benzene rings is 1. The van der Waals surface area contributed by atoms with E-state index in [1.165, 1.54) is 28.7 Å². The average Bonchev–Trinajstić information content (AvgIpc) is 3.43. The van der Waals surface area contributed by atoms with Gasteiger partial charge in [0.05, 0.1) is 10.8 Å². The molecule has 0 radical (unpaired) electrons. The number of thioether (sulfide) groups is 1. The second-order valence-electron chi connectivity index (χ2n) is 7.61. The van der Waals surface area contributed by atoms with E-state index in [1.807, 2.05) is 31.3 Å². The molecular formula is C23H26N4O2S2. The van der Waals surface area contributed by atoms with E-state index in [2.05, 4.69) is 33.9 Å². The Bertz CT molecular complexity index is 1100. The summed E-state index contributed by atoms with van der Waals surface area (Å²) in [5, 5.41) is 3.98. The van der Waals surface area contributed by atoms with Crippen molar-refractivity contribution in [2.75, 3.05) is 5.32 Å². The number of nitrogens with two attached hydrogens (primary N) is 1. The van der Waals surface area contributed by atoms with Gasteiger partial charge in [-0.15, -0.1) is 11.3 Å².